The number of fused-ring (bicyclic) bond motifs is 2. The summed E-state index contributed by atoms with van der Waals surface area (Å²) >= 11 is 0. The highest BCUT2D eigenvalue weighted by atomic mass is 16.3. The number of hydrogen-bond donors (Lipinski definition) is 2. The van der Waals surface area contributed by atoms with Crippen LogP contribution in [0.2, 0.25) is 0 Å². The first-order valence-electron chi connectivity index (χ1n) is 6.87. The first-order chi connectivity index (χ1) is 8.89. The average Bonchev–Trinajstić information content (AvgIpc) is 2.74. The molecule has 0 amide bonds. The minimum atomic E-state index is -0.756. The van der Waals surface area contributed by atoms with Crippen LogP contribution < -0.4 is 0 Å². The lowest BCUT2D eigenvalue weighted by molar-refractivity contribution is -0.112. The highest BCUT2D eigenvalue weighted by molar-refractivity contribution is 5.99. The number of hydrogen-bond acceptors (Lipinski definition) is 4. The molecule has 4 nitrogen and oxygen atoms in total. The van der Waals surface area contributed by atoms with E-state index in [9.17, 15) is 15.0 Å². The molecule has 1 aromatic rings. The lowest BCUT2D eigenvalue weighted by atomic mass is 9.53. The van der Waals surface area contributed by atoms with Crippen molar-refractivity contribution in [2.24, 2.45) is 17.3 Å². The molecule has 19 heavy (non-hydrogen) atoms. The third-order valence-corrected chi connectivity index (χ3v) is 5.40. The Morgan fingerprint density at radius 3 is 2.74 bits per heavy atom. The van der Waals surface area contributed by atoms with Crippen LogP contribution in [-0.2, 0) is 0 Å². The van der Waals surface area contributed by atoms with Crippen LogP contribution in [0.1, 0.15) is 54.5 Å². The normalized spacial score (nSPS) is 41.8. The lowest BCUT2D eigenvalue weighted by Crippen LogP contribution is -2.54. The van der Waals surface area contributed by atoms with Gasteiger partial charge in [0.15, 0.2) is 5.76 Å². The maximum atomic E-state index is 12.6. The fourth-order valence-corrected chi connectivity index (χ4v) is 3.95. The Morgan fingerprint density at radius 1 is 1.37 bits per heavy atom. The van der Waals surface area contributed by atoms with Gasteiger partial charge in [0, 0.05) is 11.0 Å². The smallest absolute Gasteiger partial charge is 0.204 e. The summed E-state index contributed by atoms with van der Waals surface area (Å²) in [5.74, 6) is -0.304. The second kappa shape index (κ2) is 3.93. The molecule has 1 heterocycles. The predicted molar refractivity (Wildman–Crippen MR) is 68.7 cm³/mol. The molecule has 2 aliphatic carbocycles. The zero-order valence-corrected chi connectivity index (χ0v) is 11.5. The molecule has 104 valence electrons. The van der Waals surface area contributed by atoms with E-state index in [1.54, 1.807) is 0 Å². The molecule has 3 rings (SSSR count). The predicted octanol–water partition coefficient (Wildman–Crippen LogP) is 2.23. The quantitative estimate of drug-likeness (QED) is 0.754. The van der Waals surface area contributed by atoms with E-state index in [1.807, 2.05) is 13.8 Å². The van der Waals surface area contributed by atoms with Crippen molar-refractivity contribution in [1.82, 2.24) is 0 Å². The second-order valence-electron chi connectivity index (χ2n) is 6.32. The van der Waals surface area contributed by atoms with Gasteiger partial charge in [-0.15, -0.1) is 0 Å². The van der Waals surface area contributed by atoms with Gasteiger partial charge in [-0.1, -0.05) is 13.8 Å². The SMILES string of the molecule is Cc1coc2c1[C@@H](O)[C@]1(C)[C@@H](C)CC[C@H](O)[C@@H]1C2=O. The first-order valence-corrected chi connectivity index (χ1v) is 6.87. The number of aliphatic hydroxyl groups excluding tert-OH is 2. The van der Waals surface area contributed by atoms with E-state index in [4.69, 9.17) is 4.42 Å². The van der Waals surface area contributed by atoms with Crippen molar-refractivity contribution < 1.29 is 19.4 Å². The topological polar surface area (TPSA) is 70.7 Å². The molecular weight excluding hydrogens is 244 g/mol. The number of aryl methyl sites for hydroxylation is 1. The molecular formula is C15H20O4. The molecule has 0 aromatic carbocycles. The minimum Gasteiger partial charge on any atom is -0.461 e. The second-order valence-corrected chi connectivity index (χ2v) is 6.32. The fraction of sp³-hybridized carbons (Fsp3) is 0.667. The first kappa shape index (κ1) is 12.9. The van der Waals surface area contributed by atoms with E-state index in [-0.39, 0.29) is 17.5 Å². The summed E-state index contributed by atoms with van der Waals surface area (Å²) in [6.07, 6.45) is 1.50. The molecule has 2 N–H and O–H groups in total. The standard InChI is InChI=1S/C15H20O4/c1-7-6-19-13-10(7)14(18)15(3)8(2)4-5-9(16)11(15)12(13)17/h6,8-9,11,14,16,18H,4-5H2,1-3H3/t8-,9-,11+,14+,15+/m0/s1. The number of ketones is 1. The van der Waals surface area contributed by atoms with Crippen molar-refractivity contribution in [3.8, 4) is 0 Å². The van der Waals surface area contributed by atoms with Crippen LogP contribution in [0.15, 0.2) is 10.7 Å². The van der Waals surface area contributed by atoms with Crippen LogP contribution in [0.25, 0.3) is 0 Å². The molecule has 0 aliphatic heterocycles. The number of carbonyl (C=O) groups is 1. The summed E-state index contributed by atoms with van der Waals surface area (Å²) in [6, 6.07) is 0. The maximum Gasteiger partial charge on any atom is 0.204 e. The Balaban J connectivity index is 2.22. The zero-order chi connectivity index (χ0) is 13.9. The third kappa shape index (κ3) is 1.44. The lowest BCUT2D eigenvalue weighted by Gasteiger charge is -2.52. The van der Waals surface area contributed by atoms with Gasteiger partial charge in [-0.2, -0.15) is 0 Å². The summed E-state index contributed by atoms with van der Waals surface area (Å²) < 4.78 is 5.33. The van der Waals surface area contributed by atoms with Gasteiger partial charge < -0.3 is 14.6 Å². The van der Waals surface area contributed by atoms with Gasteiger partial charge in [0.05, 0.1) is 24.4 Å². The Bertz CT molecular complexity index is 532. The van der Waals surface area contributed by atoms with Crippen molar-refractivity contribution in [2.75, 3.05) is 0 Å². The number of aliphatic hydroxyl groups is 2. The van der Waals surface area contributed by atoms with E-state index in [1.165, 1.54) is 6.26 Å². The summed E-state index contributed by atoms with van der Waals surface area (Å²) in [4.78, 5) is 12.6. The van der Waals surface area contributed by atoms with Crippen molar-refractivity contribution >= 4 is 5.78 Å². The van der Waals surface area contributed by atoms with Gasteiger partial charge >= 0.3 is 0 Å². The number of rotatable bonds is 0. The molecule has 1 saturated carbocycles. The van der Waals surface area contributed by atoms with Crippen LogP contribution in [0.3, 0.4) is 0 Å². The van der Waals surface area contributed by atoms with Gasteiger partial charge in [-0.25, -0.2) is 0 Å². The molecule has 0 radical (unpaired) electrons. The molecule has 4 heteroatoms. The van der Waals surface area contributed by atoms with Crippen LogP contribution in [0.4, 0.5) is 0 Å². The van der Waals surface area contributed by atoms with Gasteiger partial charge in [0.1, 0.15) is 0 Å². The van der Waals surface area contributed by atoms with Gasteiger partial charge in [-0.3, -0.25) is 4.79 Å². The average molecular weight is 264 g/mol. The number of Topliss-reactive ketones (excluding diaryl/α,β-unsaturated/α-hetero) is 1. The van der Waals surface area contributed by atoms with E-state index in [0.717, 1.165) is 12.0 Å². The molecule has 0 bridgehead atoms. The molecule has 0 saturated heterocycles. The largest absolute Gasteiger partial charge is 0.461 e. The molecule has 0 unspecified atom stereocenters. The molecule has 5 atom stereocenters. The summed E-state index contributed by atoms with van der Waals surface area (Å²) in [5, 5.41) is 21.0. The van der Waals surface area contributed by atoms with Crippen molar-refractivity contribution in [1.29, 1.82) is 0 Å². The van der Waals surface area contributed by atoms with E-state index < -0.39 is 23.5 Å². The van der Waals surface area contributed by atoms with Crippen LogP contribution >= 0.6 is 0 Å². The minimum absolute atomic E-state index is 0.157. The van der Waals surface area contributed by atoms with Crippen molar-refractivity contribution in [3.05, 3.63) is 23.2 Å². The highest BCUT2D eigenvalue weighted by Gasteiger charge is 2.59. The monoisotopic (exact) mass is 264 g/mol. The Labute approximate surface area is 112 Å². The van der Waals surface area contributed by atoms with Crippen LogP contribution in [0, 0.1) is 24.2 Å². The van der Waals surface area contributed by atoms with E-state index in [0.29, 0.717) is 12.0 Å². The molecule has 1 fully saturated rings. The van der Waals surface area contributed by atoms with Gasteiger partial charge in [-0.05, 0) is 31.2 Å². The van der Waals surface area contributed by atoms with Crippen molar-refractivity contribution in [2.45, 2.75) is 45.8 Å². The summed E-state index contributed by atoms with van der Waals surface area (Å²) in [5.41, 5.74) is 0.809. The maximum absolute atomic E-state index is 12.6. The number of furan rings is 1. The third-order valence-electron chi connectivity index (χ3n) is 5.40. The van der Waals surface area contributed by atoms with E-state index >= 15 is 0 Å². The summed E-state index contributed by atoms with van der Waals surface area (Å²) in [7, 11) is 0. The van der Waals surface area contributed by atoms with Crippen LogP contribution in [-0.4, -0.2) is 22.1 Å². The Kier molecular flexibility index (Phi) is 2.67. The molecule has 0 spiro atoms. The van der Waals surface area contributed by atoms with Crippen LogP contribution in [0.5, 0.6) is 0 Å². The van der Waals surface area contributed by atoms with Gasteiger partial charge in [0.25, 0.3) is 0 Å². The van der Waals surface area contributed by atoms with Crippen molar-refractivity contribution in [3.63, 3.8) is 0 Å². The molecule has 2 aliphatic rings. The van der Waals surface area contributed by atoms with Gasteiger partial charge in [0.2, 0.25) is 5.78 Å². The zero-order valence-electron chi connectivity index (χ0n) is 11.5. The Hall–Kier alpha value is -1.13. The van der Waals surface area contributed by atoms with E-state index in [2.05, 4.69) is 6.92 Å². The fourth-order valence-electron chi connectivity index (χ4n) is 3.95. The number of carbonyl (C=O) groups excluding carboxylic acids is 1. The Morgan fingerprint density at radius 2 is 2.05 bits per heavy atom. The highest BCUT2D eigenvalue weighted by Crippen LogP contribution is 2.57. The molecule has 1 aromatic heterocycles. The summed E-state index contributed by atoms with van der Waals surface area (Å²) in [6.45, 7) is 5.81.